The van der Waals surface area contributed by atoms with Crippen molar-refractivity contribution in [3.8, 4) is 0 Å². The van der Waals surface area contributed by atoms with Crippen molar-refractivity contribution in [3.63, 3.8) is 0 Å². The van der Waals surface area contributed by atoms with Gasteiger partial charge in [-0.25, -0.2) is 0 Å². The highest BCUT2D eigenvalue weighted by molar-refractivity contribution is 4.98. The first-order valence-corrected chi connectivity index (χ1v) is 2.95. The normalized spacial score (nSPS) is 28.2. The minimum atomic E-state index is 0.537. The molecule has 0 unspecified atom stereocenters. The number of nitrogens with two attached hydrogens (primary N) is 1. The van der Waals surface area contributed by atoms with E-state index < -0.39 is 0 Å². The second kappa shape index (κ2) is 2.18. The molecule has 8 heavy (non-hydrogen) atoms. The molecule has 0 amide bonds. The fourth-order valence-corrected chi connectivity index (χ4v) is 0.971. The van der Waals surface area contributed by atoms with E-state index in [9.17, 15) is 0 Å². The first kappa shape index (κ1) is 5.63. The molecule has 2 nitrogen and oxygen atoms in total. The van der Waals surface area contributed by atoms with Crippen LogP contribution in [0.4, 0.5) is 0 Å². The highest BCUT2D eigenvalue weighted by Gasteiger charge is 2.14. The van der Waals surface area contributed by atoms with Gasteiger partial charge in [-0.1, -0.05) is 6.58 Å². The molecule has 1 saturated heterocycles. The van der Waals surface area contributed by atoms with Crippen molar-refractivity contribution >= 4 is 0 Å². The molecule has 2 heteroatoms. The van der Waals surface area contributed by atoms with Crippen molar-refractivity contribution in [1.29, 1.82) is 0 Å². The van der Waals surface area contributed by atoms with E-state index in [1.165, 1.54) is 0 Å². The molecule has 1 atom stereocenters. The third-order valence-electron chi connectivity index (χ3n) is 1.58. The topological polar surface area (TPSA) is 38.0 Å². The third-order valence-corrected chi connectivity index (χ3v) is 1.58. The molecule has 1 heterocycles. The molecule has 46 valence electrons. The summed E-state index contributed by atoms with van der Waals surface area (Å²) in [6.45, 7) is 5.80. The minimum Gasteiger partial charge on any atom is -0.402 e. The van der Waals surface area contributed by atoms with Gasteiger partial charge in [0.1, 0.15) is 0 Å². The van der Waals surface area contributed by atoms with Gasteiger partial charge in [-0.15, -0.1) is 0 Å². The fraction of sp³-hybridized carbons (Fsp3) is 0.667. The molecule has 0 spiro atoms. The molecule has 1 fully saturated rings. The van der Waals surface area contributed by atoms with E-state index in [0.29, 0.717) is 5.92 Å². The van der Waals surface area contributed by atoms with Crippen LogP contribution in [0, 0.1) is 5.92 Å². The molecular formula is C6H12N2. The summed E-state index contributed by atoms with van der Waals surface area (Å²) < 4.78 is 0. The standard InChI is InChI=1S/C6H12N2/c1-5(7)6-2-3-8-4-6/h6,8H,1-4,7H2/t6-/m0/s1. The summed E-state index contributed by atoms with van der Waals surface area (Å²) in [7, 11) is 0. The molecule has 0 saturated carbocycles. The van der Waals surface area contributed by atoms with Gasteiger partial charge in [0, 0.05) is 18.2 Å². The Bertz CT molecular complexity index is 92.7. The van der Waals surface area contributed by atoms with E-state index >= 15 is 0 Å². The van der Waals surface area contributed by atoms with Gasteiger partial charge in [-0.05, 0) is 13.0 Å². The first-order chi connectivity index (χ1) is 3.80. The van der Waals surface area contributed by atoms with Gasteiger partial charge in [-0.2, -0.15) is 0 Å². The van der Waals surface area contributed by atoms with Gasteiger partial charge in [0.2, 0.25) is 0 Å². The van der Waals surface area contributed by atoms with Crippen LogP contribution in [0.25, 0.3) is 0 Å². The summed E-state index contributed by atoms with van der Waals surface area (Å²) in [6, 6.07) is 0. The second-order valence-electron chi connectivity index (χ2n) is 2.26. The van der Waals surface area contributed by atoms with Gasteiger partial charge in [0.05, 0.1) is 0 Å². The van der Waals surface area contributed by atoms with Gasteiger partial charge >= 0.3 is 0 Å². The lowest BCUT2D eigenvalue weighted by molar-refractivity contribution is 0.676. The van der Waals surface area contributed by atoms with Crippen LogP contribution in [0.1, 0.15) is 6.42 Å². The number of hydrogen-bond donors (Lipinski definition) is 2. The second-order valence-corrected chi connectivity index (χ2v) is 2.26. The SMILES string of the molecule is C=C(N)[C@H]1CCNC1. The Morgan fingerprint density at radius 3 is 2.75 bits per heavy atom. The maximum atomic E-state index is 5.46. The number of rotatable bonds is 1. The number of hydrogen-bond acceptors (Lipinski definition) is 2. The summed E-state index contributed by atoms with van der Waals surface area (Å²) in [6.07, 6.45) is 1.16. The van der Waals surface area contributed by atoms with E-state index in [1.54, 1.807) is 0 Å². The lowest BCUT2D eigenvalue weighted by Crippen LogP contribution is -2.14. The van der Waals surface area contributed by atoms with Gasteiger partial charge in [0.25, 0.3) is 0 Å². The summed E-state index contributed by atoms with van der Waals surface area (Å²) in [5.41, 5.74) is 6.29. The molecule has 1 aliphatic rings. The largest absolute Gasteiger partial charge is 0.402 e. The number of nitrogens with one attached hydrogen (secondary N) is 1. The molecule has 0 bridgehead atoms. The van der Waals surface area contributed by atoms with Gasteiger partial charge in [-0.3, -0.25) is 0 Å². The molecule has 0 radical (unpaired) electrons. The smallest absolute Gasteiger partial charge is 0.0115 e. The van der Waals surface area contributed by atoms with E-state index in [2.05, 4.69) is 11.9 Å². The van der Waals surface area contributed by atoms with Crippen molar-refractivity contribution in [3.05, 3.63) is 12.3 Å². The Balaban J connectivity index is 2.35. The molecule has 0 aromatic rings. The predicted octanol–water partition coefficient (Wildman–Crippen LogP) is 0.0683. The lowest BCUT2D eigenvalue weighted by Gasteiger charge is -2.04. The Morgan fingerprint density at radius 2 is 2.50 bits per heavy atom. The molecule has 1 rings (SSSR count). The summed E-state index contributed by atoms with van der Waals surface area (Å²) in [4.78, 5) is 0. The summed E-state index contributed by atoms with van der Waals surface area (Å²) >= 11 is 0. The van der Waals surface area contributed by atoms with Crippen molar-refractivity contribution in [1.82, 2.24) is 5.32 Å². The van der Waals surface area contributed by atoms with E-state index in [0.717, 1.165) is 25.2 Å². The maximum absolute atomic E-state index is 5.46. The molecule has 0 aromatic heterocycles. The summed E-state index contributed by atoms with van der Waals surface area (Å²) in [5, 5.41) is 3.21. The Labute approximate surface area is 49.8 Å². The molecule has 0 aromatic carbocycles. The van der Waals surface area contributed by atoms with Crippen molar-refractivity contribution < 1.29 is 0 Å². The molecule has 1 aliphatic heterocycles. The third kappa shape index (κ3) is 1.01. The van der Waals surface area contributed by atoms with E-state index in [4.69, 9.17) is 5.73 Å². The quantitative estimate of drug-likeness (QED) is 0.503. The van der Waals surface area contributed by atoms with Crippen molar-refractivity contribution in [2.75, 3.05) is 13.1 Å². The van der Waals surface area contributed by atoms with E-state index in [-0.39, 0.29) is 0 Å². The highest BCUT2D eigenvalue weighted by atomic mass is 14.9. The van der Waals surface area contributed by atoms with Crippen LogP contribution in [0.3, 0.4) is 0 Å². The Kier molecular flexibility index (Phi) is 1.53. The van der Waals surface area contributed by atoms with E-state index in [1.807, 2.05) is 0 Å². The zero-order chi connectivity index (χ0) is 5.98. The lowest BCUT2D eigenvalue weighted by atomic mass is 10.1. The average Bonchev–Trinajstić information content (AvgIpc) is 2.12. The van der Waals surface area contributed by atoms with Gasteiger partial charge < -0.3 is 11.1 Å². The van der Waals surface area contributed by atoms with Gasteiger partial charge in [0.15, 0.2) is 0 Å². The zero-order valence-electron chi connectivity index (χ0n) is 4.98. The predicted molar refractivity (Wildman–Crippen MR) is 34.3 cm³/mol. The van der Waals surface area contributed by atoms with Crippen molar-refractivity contribution in [2.45, 2.75) is 6.42 Å². The van der Waals surface area contributed by atoms with Crippen LogP contribution in [-0.2, 0) is 0 Å². The fourth-order valence-electron chi connectivity index (χ4n) is 0.971. The molecular weight excluding hydrogens is 100 g/mol. The van der Waals surface area contributed by atoms with Crippen LogP contribution in [0.15, 0.2) is 12.3 Å². The first-order valence-electron chi connectivity index (χ1n) is 2.95. The summed E-state index contributed by atoms with van der Waals surface area (Å²) in [5.74, 6) is 0.537. The Morgan fingerprint density at radius 1 is 1.75 bits per heavy atom. The maximum Gasteiger partial charge on any atom is 0.0115 e. The zero-order valence-corrected chi connectivity index (χ0v) is 4.98. The Hall–Kier alpha value is -0.500. The highest BCUT2D eigenvalue weighted by Crippen LogP contribution is 2.11. The minimum absolute atomic E-state index is 0.537. The van der Waals surface area contributed by atoms with Crippen LogP contribution >= 0.6 is 0 Å². The van der Waals surface area contributed by atoms with Crippen LogP contribution in [0.5, 0.6) is 0 Å². The van der Waals surface area contributed by atoms with Crippen LogP contribution < -0.4 is 11.1 Å². The van der Waals surface area contributed by atoms with Crippen LogP contribution in [0.2, 0.25) is 0 Å². The molecule has 3 N–H and O–H groups in total. The molecule has 0 aliphatic carbocycles. The monoisotopic (exact) mass is 112 g/mol. The van der Waals surface area contributed by atoms with Crippen LogP contribution in [-0.4, -0.2) is 13.1 Å². The average molecular weight is 112 g/mol. The van der Waals surface area contributed by atoms with Crippen molar-refractivity contribution in [2.24, 2.45) is 11.7 Å².